The third-order valence-electron chi connectivity index (χ3n) is 1.90. The van der Waals surface area contributed by atoms with Crippen molar-refractivity contribution < 1.29 is 5.11 Å². The van der Waals surface area contributed by atoms with Gasteiger partial charge in [-0.2, -0.15) is 0 Å². The van der Waals surface area contributed by atoms with E-state index in [2.05, 4.69) is 4.98 Å². The second kappa shape index (κ2) is 3.31. The molecule has 1 aromatic heterocycles. The van der Waals surface area contributed by atoms with Crippen molar-refractivity contribution in [2.24, 2.45) is 0 Å². The molecule has 0 amide bonds. The number of aliphatic hydroxyl groups excluding tert-OH is 1. The molecule has 1 aromatic rings. The number of aliphatic hydroxyl groups is 1. The van der Waals surface area contributed by atoms with E-state index in [0.29, 0.717) is 12.3 Å². The molecule has 0 unspecified atom stereocenters. The normalized spacial score (nSPS) is 15.7. The van der Waals surface area contributed by atoms with Crippen LogP contribution in [0.1, 0.15) is 0 Å². The van der Waals surface area contributed by atoms with Gasteiger partial charge in [-0.25, -0.2) is 0 Å². The summed E-state index contributed by atoms with van der Waals surface area (Å²) in [5.41, 5.74) is 1.03. The molecule has 2 heterocycles. The van der Waals surface area contributed by atoms with E-state index < -0.39 is 0 Å². The molecule has 3 nitrogen and oxygen atoms in total. The zero-order chi connectivity index (χ0) is 9.10. The summed E-state index contributed by atoms with van der Waals surface area (Å²) in [7, 11) is 0. The second-order valence-corrected chi connectivity index (χ2v) is 2.81. The third kappa shape index (κ3) is 1.69. The molecule has 0 saturated carbocycles. The van der Waals surface area contributed by atoms with E-state index >= 15 is 0 Å². The zero-order valence-electron chi connectivity index (χ0n) is 7.09. The highest BCUT2D eigenvalue weighted by Gasteiger charge is 2.04. The highest BCUT2D eigenvalue weighted by atomic mass is 16.3. The summed E-state index contributed by atoms with van der Waals surface area (Å²) in [4.78, 5) is 6.03. The number of nitrogens with zero attached hydrogens (tertiary/aromatic N) is 2. The summed E-state index contributed by atoms with van der Waals surface area (Å²) in [6.07, 6.45) is 8.79. The smallest absolute Gasteiger partial charge is 0.114 e. The van der Waals surface area contributed by atoms with E-state index in [1.54, 1.807) is 24.5 Å². The van der Waals surface area contributed by atoms with Crippen molar-refractivity contribution in [3.8, 4) is 0 Å². The Morgan fingerprint density at radius 2 is 2.38 bits per heavy atom. The minimum atomic E-state index is 0.320. The van der Waals surface area contributed by atoms with Crippen LogP contribution < -0.4 is 4.90 Å². The fourth-order valence-corrected chi connectivity index (χ4v) is 1.20. The number of allylic oxidation sites excluding steroid dienone is 1. The lowest BCUT2D eigenvalue weighted by Gasteiger charge is -2.20. The predicted molar refractivity (Wildman–Crippen MR) is 51.4 cm³/mol. The van der Waals surface area contributed by atoms with E-state index in [0.717, 1.165) is 5.69 Å². The van der Waals surface area contributed by atoms with Gasteiger partial charge >= 0.3 is 0 Å². The molecule has 0 spiro atoms. The summed E-state index contributed by atoms with van der Waals surface area (Å²) in [6, 6.07) is 3.87. The maximum absolute atomic E-state index is 9.11. The number of hydrogen-bond acceptors (Lipinski definition) is 3. The molecule has 3 heteroatoms. The molecule has 13 heavy (non-hydrogen) atoms. The molecule has 0 atom stereocenters. The van der Waals surface area contributed by atoms with Gasteiger partial charge in [-0.1, -0.05) is 0 Å². The molecular formula is C10H10N2O. The first-order valence-corrected chi connectivity index (χ1v) is 4.10. The van der Waals surface area contributed by atoms with Gasteiger partial charge < -0.3 is 10.0 Å². The van der Waals surface area contributed by atoms with Gasteiger partial charge in [0.1, 0.15) is 5.76 Å². The van der Waals surface area contributed by atoms with Crippen molar-refractivity contribution >= 4 is 5.69 Å². The van der Waals surface area contributed by atoms with Crippen LogP contribution in [-0.2, 0) is 0 Å². The van der Waals surface area contributed by atoms with Gasteiger partial charge in [-0.3, -0.25) is 4.98 Å². The molecule has 0 aliphatic carbocycles. The summed E-state index contributed by atoms with van der Waals surface area (Å²) < 4.78 is 0. The summed E-state index contributed by atoms with van der Waals surface area (Å²) in [5.74, 6) is 0.320. The van der Waals surface area contributed by atoms with Crippen LogP contribution in [0.25, 0.3) is 0 Å². The lowest BCUT2D eigenvalue weighted by molar-refractivity contribution is 0.428. The van der Waals surface area contributed by atoms with Crippen molar-refractivity contribution in [1.82, 2.24) is 4.98 Å². The molecule has 0 aromatic carbocycles. The minimum absolute atomic E-state index is 0.320. The third-order valence-corrected chi connectivity index (χ3v) is 1.90. The molecule has 0 fully saturated rings. The number of aromatic nitrogens is 1. The largest absolute Gasteiger partial charge is 0.508 e. The minimum Gasteiger partial charge on any atom is -0.508 e. The van der Waals surface area contributed by atoms with E-state index in [1.165, 1.54) is 0 Å². The molecule has 66 valence electrons. The quantitative estimate of drug-likeness (QED) is 0.706. The van der Waals surface area contributed by atoms with Crippen molar-refractivity contribution in [2.75, 3.05) is 11.4 Å². The van der Waals surface area contributed by atoms with Crippen molar-refractivity contribution in [1.29, 1.82) is 0 Å². The fourth-order valence-electron chi connectivity index (χ4n) is 1.20. The average molecular weight is 174 g/mol. The Morgan fingerprint density at radius 1 is 1.46 bits per heavy atom. The molecule has 2 rings (SSSR count). The molecule has 1 aliphatic heterocycles. The SMILES string of the molecule is OC1=CCN(c2cccnc2)C=C1. The monoisotopic (exact) mass is 174 g/mol. The first-order chi connectivity index (χ1) is 6.36. The maximum Gasteiger partial charge on any atom is 0.114 e. The Morgan fingerprint density at radius 3 is 3.00 bits per heavy atom. The molecule has 1 N–H and O–H groups in total. The first kappa shape index (κ1) is 7.86. The van der Waals surface area contributed by atoms with Gasteiger partial charge in [-0.05, 0) is 24.3 Å². The number of hydrogen-bond donors (Lipinski definition) is 1. The van der Waals surface area contributed by atoms with Gasteiger partial charge in [-0.15, -0.1) is 0 Å². The highest BCUT2D eigenvalue weighted by molar-refractivity contribution is 5.49. The van der Waals surface area contributed by atoms with Gasteiger partial charge in [0.15, 0.2) is 0 Å². The van der Waals surface area contributed by atoms with E-state index in [9.17, 15) is 0 Å². The number of anilines is 1. The van der Waals surface area contributed by atoms with Crippen LogP contribution in [0.3, 0.4) is 0 Å². The van der Waals surface area contributed by atoms with Gasteiger partial charge in [0.25, 0.3) is 0 Å². The standard InChI is InChI=1S/C10H10N2O/c13-10-3-6-12(7-4-10)9-2-1-5-11-8-9/h1-6,8,13H,7H2. The molecule has 0 saturated heterocycles. The van der Waals surface area contributed by atoms with Crippen LogP contribution in [0.2, 0.25) is 0 Å². The van der Waals surface area contributed by atoms with Crippen molar-refractivity contribution in [3.63, 3.8) is 0 Å². The maximum atomic E-state index is 9.11. The Kier molecular flexibility index (Phi) is 2.00. The van der Waals surface area contributed by atoms with Gasteiger partial charge in [0.2, 0.25) is 0 Å². The first-order valence-electron chi connectivity index (χ1n) is 4.10. The van der Waals surface area contributed by atoms with Crippen molar-refractivity contribution in [3.05, 3.63) is 48.6 Å². The average Bonchev–Trinajstić information content (AvgIpc) is 2.20. The van der Waals surface area contributed by atoms with Crippen LogP contribution in [0.5, 0.6) is 0 Å². The highest BCUT2D eigenvalue weighted by Crippen LogP contribution is 2.15. The number of rotatable bonds is 1. The van der Waals surface area contributed by atoms with E-state index in [4.69, 9.17) is 5.11 Å². The molecule has 1 aliphatic rings. The van der Waals surface area contributed by atoms with E-state index in [1.807, 2.05) is 23.2 Å². The summed E-state index contributed by atoms with van der Waals surface area (Å²) >= 11 is 0. The Hall–Kier alpha value is -1.77. The van der Waals surface area contributed by atoms with Crippen LogP contribution in [0, 0.1) is 0 Å². The zero-order valence-corrected chi connectivity index (χ0v) is 7.09. The second-order valence-electron chi connectivity index (χ2n) is 2.81. The summed E-state index contributed by atoms with van der Waals surface area (Å²) in [5, 5.41) is 9.11. The van der Waals surface area contributed by atoms with Gasteiger partial charge in [0, 0.05) is 18.9 Å². The Bertz CT molecular complexity index is 343. The topological polar surface area (TPSA) is 36.4 Å². The number of pyridine rings is 1. The lowest BCUT2D eigenvalue weighted by Crippen LogP contribution is -2.18. The summed E-state index contributed by atoms with van der Waals surface area (Å²) in [6.45, 7) is 0.689. The predicted octanol–water partition coefficient (Wildman–Crippen LogP) is 1.86. The van der Waals surface area contributed by atoms with Crippen molar-refractivity contribution in [2.45, 2.75) is 0 Å². The lowest BCUT2D eigenvalue weighted by atomic mass is 10.3. The molecule has 0 bridgehead atoms. The van der Waals surface area contributed by atoms with Crippen LogP contribution in [0.15, 0.2) is 48.6 Å². The Balaban J connectivity index is 2.18. The van der Waals surface area contributed by atoms with Crippen LogP contribution in [-0.4, -0.2) is 16.6 Å². The molecule has 0 radical (unpaired) electrons. The fraction of sp³-hybridized carbons (Fsp3) is 0.100. The Labute approximate surface area is 76.6 Å². The van der Waals surface area contributed by atoms with Crippen LogP contribution >= 0.6 is 0 Å². The van der Waals surface area contributed by atoms with Crippen LogP contribution in [0.4, 0.5) is 5.69 Å². The van der Waals surface area contributed by atoms with E-state index in [-0.39, 0.29) is 0 Å². The molecular weight excluding hydrogens is 164 g/mol. The van der Waals surface area contributed by atoms with Gasteiger partial charge in [0.05, 0.1) is 11.9 Å².